The van der Waals surface area contributed by atoms with Crippen molar-refractivity contribution < 1.29 is 27.6 Å². The molecule has 2 aromatic carbocycles. The molecule has 0 aliphatic heterocycles. The van der Waals surface area contributed by atoms with E-state index in [4.69, 9.17) is 9.63 Å². The van der Waals surface area contributed by atoms with E-state index in [1.54, 1.807) is 38.1 Å². The molecule has 1 unspecified atom stereocenters. The zero-order valence-electron chi connectivity index (χ0n) is 20.0. The summed E-state index contributed by atoms with van der Waals surface area (Å²) in [5.74, 6) is -0.223. The topological polar surface area (TPSA) is 88.2 Å². The van der Waals surface area contributed by atoms with Gasteiger partial charge in [-0.15, -0.1) is 0 Å². The van der Waals surface area contributed by atoms with Gasteiger partial charge in [-0.25, -0.2) is 0 Å². The summed E-state index contributed by atoms with van der Waals surface area (Å²) in [5, 5.41) is 16.2. The minimum Gasteiger partial charge on any atom is -0.480 e. The molecule has 0 radical (unpaired) electrons. The van der Waals surface area contributed by atoms with Crippen LogP contribution in [0.3, 0.4) is 0 Å². The van der Waals surface area contributed by atoms with Crippen molar-refractivity contribution in [2.24, 2.45) is 0 Å². The van der Waals surface area contributed by atoms with Crippen molar-refractivity contribution >= 4 is 5.97 Å². The molecule has 0 saturated carbocycles. The number of nitrogens with one attached hydrogen (secondary N) is 1. The first-order valence-electron chi connectivity index (χ1n) is 11.5. The molecule has 0 spiro atoms. The van der Waals surface area contributed by atoms with Crippen molar-refractivity contribution in [3.05, 3.63) is 83.2 Å². The highest BCUT2D eigenvalue weighted by atomic mass is 19.4. The quantitative estimate of drug-likeness (QED) is 0.407. The highest BCUT2D eigenvalue weighted by Crippen LogP contribution is 2.39. The SMILES string of the molecule is Cc1cc(-c2nc(C3C=CC([C@@H](C)N[C@H](C)C(=O)O)=CC3)no2)ccc1-c1ccccc1C(F)(F)F. The van der Waals surface area contributed by atoms with Gasteiger partial charge in [-0.1, -0.05) is 47.7 Å². The van der Waals surface area contributed by atoms with Crippen LogP contribution in [0.5, 0.6) is 0 Å². The molecule has 4 rings (SSSR count). The molecule has 0 bridgehead atoms. The Morgan fingerprint density at radius 2 is 1.92 bits per heavy atom. The Balaban J connectivity index is 1.50. The third-order valence-electron chi connectivity index (χ3n) is 6.27. The van der Waals surface area contributed by atoms with Gasteiger partial charge < -0.3 is 9.63 Å². The van der Waals surface area contributed by atoms with E-state index in [0.29, 0.717) is 28.9 Å². The maximum Gasteiger partial charge on any atom is 0.417 e. The van der Waals surface area contributed by atoms with Crippen LogP contribution in [-0.2, 0) is 11.0 Å². The van der Waals surface area contributed by atoms with Crippen LogP contribution < -0.4 is 5.32 Å². The van der Waals surface area contributed by atoms with Gasteiger partial charge in [0.25, 0.3) is 5.89 Å². The van der Waals surface area contributed by atoms with E-state index < -0.39 is 23.8 Å². The molecule has 188 valence electrons. The highest BCUT2D eigenvalue weighted by molar-refractivity contribution is 5.74. The lowest BCUT2D eigenvalue weighted by Gasteiger charge is -2.21. The Hall–Kier alpha value is -3.72. The van der Waals surface area contributed by atoms with E-state index in [-0.39, 0.29) is 23.4 Å². The summed E-state index contributed by atoms with van der Waals surface area (Å²) in [6.07, 6.45) is 2.07. The highest BCUT2D eigenvalue weighted by Gasteiger charge is 2.33. The van der Waals surface area contributed by atoms with Gasteiger partial charge in [0.2, 0.25) is 0 Å². The number of carboxylic acid groups (broad SMARTS) is 1. The van der Waals surface area contributed by atoms with Crippen molar-refractivity contribution in [1.82, 2.24) is 15.5 Å². The number of aromatic nitrogens is 2. The molecular formula is C27H26F3N3O3. The lowest BCUT2D eigenvalue weighted by Crippen LogP contribution is -2.40. The number of allylic oxidation sites excluding steroid dienone is 2. The first kappa shape index (κ1) is 25.4. The minimum absolute atomic E-state index is 0.102. The third-order valence-corrected chi connectivity index (χ3v) is 6.27. The fourth-order valence-electron chi connectivity index (χ4n) is 4.26. The van der Waals surface area contributed by atoms with Crippen LogP contribution in [0, 0.1) is 6.92 Å². The smallest absolute Gasteiger partial charge is 0.417 e. The number of benzene rings is 2. The Morgan fingerprint density at radius 3 is 2.56 bits per heavy atom. The molecule has 1 aromatic heterocycles. The summed E-state index contributed by atoms with van der Waals surface area (Å²) in [4.78, 5) is 15.6. The summed E-state index contributed by atoms with van der Waals surface area (Å²) in [6.45, 7) is 5.25. The predicted molar refractivity (Wildman–Crippen MR) is 129 cm³/mol. The van der Waals surface area contributed by atoms with Crippen LogP contribution in [-0.4, -0.2) is 33.3 Å². The average molecular weight is 498 g/mol. The Morgan fingerprint density at radius 1 is 1.17 bits per heavy atom. The van der Waals surface area contributed by atoms with E-state index >= 15 is 0 Å². The first-order valence-corrected chi connectivity index (χ1v) is 11.5. The second kappa shape index (κ2) is 10.1. The summed E-state index contributed by atoms with van der Waals surface area (Å²) in [7, 11) is 0. The van der Waals surface area contributed by atoms with Gasteiger partial charge in [-0.3, -0.25) is 10.1 Å². The minimum atomic E-state index is -4.45. The Bertz CT molecular complexity index is 1330. The number of alkyl halides is 3. The molecule has 0 amide bonds. The predicted octanol–water partition coefficient (Wildman–Crippen LogP) is 6.15. The third kappa shape index (κ3) is 5.41. The number of aryl methyl sites for hydroxylation is 1. The van der Waals surface area contributed by atoms with Gasteiger partial charge in [-0.2, -0.15) is 18.2 Å². The molecule has 3 aromatic rings. The second-order valence-electron chi connectivity index (χ2n) is 8.88. The van der Waals surface area contributed by atoms with Gasteiger partial charge >= 0.3 is 12.1 Å². The summed E-state index contributed by atoms with van der Waals surface area (Å²) in [6, 6.07) is 9.77. The summed E-state index contributed by atoms with van der Waals surface area (Å²) < 4.78 is 45.9. The number of hydrogen-bond acceptors (Lipinski definition) is 5. The first-order chi connectivity index (χ1) is 17.0. The maximum atomic E-state index is 13.5. The molecule has 36 heavy (non-hydrogen) atoms. The number of carbonyl (C=O) groups is 1. The molecule has 1 aliphatic carbocycles. The molecule has 6 nitrogen and oxygen atoms in total. The number of aliphatic carboxylic acids is 1. The van der Waals surface area contributed by atoms with E-state index in [1.165, 1.54) is 12.1 Å². The van der Waals surface area contributed by atoms with E-state index in [2.05, 4.69) is 15.5 Å². The molecule has 0 fully saturated rings. The molecule has 2 N–H and O–H groups in total. The van der Waals surface area contributed by atoms with Crippen LogP contribution in [0.1, 0.15) is 43.1 Å². The van der Waals surface area contributed by atoms with Crippen molar-refractivity contribution in [3.8, 4) is 22.6 Å². The summed E-state index contributed by atoms with van der Waals surface area (Å²) >= 11 is 0. The normalized spacial score (nSPS) is 17.5. The maximum absolute atomic E-state index is 13.5. The number of nitrogens with zero attached hydrogens (tertiary/aromatic N) is 2. The average Bonchev–Trinajstić information content (AvgIpc) is 3.34. The van der Waals surface area contributed by atoms with Gasteiger partial charge in [0.1, 0.15) is 6.04 Å². The summed E-state index contributed by atoms with van der Waals surface area (Å²) in [5.41, 5.74) is 2.19. The van der Waals surface area contributed by atoms with Crippen molar-refractivity contribution in [1.29, 1.82) is 0 Å². The fraction of sp³-hybridized carbons (Fsp3) is 0.296. The lowest BCUT2D eigenvalue weighted by molar-refractivity contribution is -0.139. The number of hydrogen-bond donors (Lipinski definition) is 2. The van der Waals surface area contributed by atoms with Crippen LogP contribution in [0.2, 0.25) is 0 Å². The van der Waals surface area contributed by atoms with Gasteiger partial charge in [0.15, 0.2) is 5.82 Å². The molecule has 0 saturated heterocycles. The van der Waals surface area contributed by atoms with E-state index in [1.807, 2.05) is 25.2 Å². The van der Waals surface area contributed by atoms with Crippen LogP contribution in [0.25, 0.3) is 22.6 Å². The van der Waals surface area contributed by atoms with Gasteiger partial charge in [-0.05, 0) is 67.7 Å². The van der Waals surface area contributed by atoms with Gasteiger partial charge in [0.05, 0.1) is 5.56 Å². The number of carboxylic acids is 1. The number of halogens is 3. The Kier molecular flexibility index (Phi) is 7.12. The number of rotatable bonds is 7. The molecular weight excluding hydrogens is 471 g/mol. The molecule has 3 atom stereocenters. The Labute approximate surface area is 206 Å². The monoisotopic (exact) mass is 497 g/mol. The van der Waals surface area contributed by atoms with Gasteiger partial charge in [0, 0.05) is 17.5 Å². The fourth-order valence-corrected chi connectivity index (χ4v) is 4.26. The zero-order valence-corrected chi connectivity index (χ0v) is 20.0. The lowest BCUT2D eigenvalue weighted by atomic mass is 9.93. The standard InChI is InChI=1S/C27H26F3N3O3/c1-15-14-20(12-13-21(15)22-6-4-5-7-23(22)27(28,29)30)25-32-24(33-36-25)19-10-8-18(9-11-19)16(2)31-17(3)26(34)35/h4-10,12-14,16-17,19,31H,11H2,1-3H3,(H,34,35)/t16-,17-,19?/m1/s1. The molecule has 1 heterocycles. The van der Waals surface area contributed by atoms with Crippen molar-refractivity contribution in [2.75, 3.05) is 0 Å². The molecule has 9 heteroatoms. The van der Waals surface area contributed by atoms with Crippen LogP contribution in [0.15, 0.2) is 70.8 Å². The van der Waals surface area contributed by atoms with E-state index in [0.717, 1.165) is 11.6 Å². The second-order valence-corrected chi connectivity index (χ2v) is 8.88. The van der Waals surface area contributed by atoms with E-state index in [9.17, 15) is 18.0 Å². The molecule has 1 aliphatic rings. The largest absolute Gasteiger partial charge is 0.480 e. The van der Waals surface area contributed by atoms with Crippen LogP contribution in [0.4, 0.5) is 13.2 Å². The van der Waals surface area contributed by atoms with Crippen molar-refractivity contribution in [3.63, 3.8) is 0 Å². The zero-order chi connectivity index (χ0) is 26.0. The van der Waals surface area contributed by atoms with Crippen LogP contribution >= 0.6 is 0 Å². The van der Waals surface area contributed by atoms with Crippen molar-refractivity contribution in [2.45, 2.75) is 51.4 Å².